The fourth-order valence-electron chi connectivity index (χ4n) is 1.06. The van der Waals surface area contributed by atoms with Crippen molar-refractivity contribution < 1.29 is 9.84 Å². The summed E-state index contributed by atoms with van der Waals surface area (Å²) < 4.78 is 4.81. The highest BCUT2D eigenvalue weighted by molar-refractivity contribution is 5.61. The van der Waals surface area contributed by atoms with Crippen molar-refractivity contribution >= 4 is 6.21 Å². The molecule has 0 saturated carbocycles. The van der Waals surface area contributed by atoms with Gasteiger partial charge in [-0.25, -0.2) is 0 Å². The van der Waals surface area contributed by atoms with E-state index in [0.717, 1.165) is 6.54 Å². The van der Waals surface area contributed by atoms with Gasteiger partial charge >= 0.3 is 0 Å². The summed E-state index contributed by atoms with van der Waals surface area (Å²) in [5.41, 5.74) is 0. The number of aliphatic hydroxyl groups excluding tert-OH is 1. The Labute approximate surface area is 72.2 Å². The van der Waals surface area contributed by atoms with Crippen molar-refractivity contribution in [2.24, 2.45) is 4.99 Å². The molecular formula is C8H14N2O2. The van der Waals surface area contributed by atoms with Gasteiger partial charge in [0.25, 0.3) is 0 Å². The van der Waals surface area contributed by atoms with Crippen molar-refractivity contribution in [1.82, 2.24) is 4.90 Å². The summed E-state index contributed by atoms with van der Waals surface area (Å²) in [7, 11) is 1.58. The zero-order valence-corrected chi connectivity index (χ0v) is 7.18. The Kier molecular flexibility index (Phi) is 3.76. The molecule has 0 aliphatic carbocycles. The molecule has 1 N–H and O–H groups in total. The number of nitrogens with zero attached hydrogens (tertiary/aromatic N) is 2. The Bertz CT molecular complexity index is 180. The van der Waals surface area contributed by atoms with E-state index in [1.165, 1.54) is 0 Å². The maximum Gasteiger partial charge on any atom is 0.0947 e. The Morgan fingerprint density at radius 3 is 3.17 bits per heavy atom. The van der Waals surface area contributed by atoms with E-state index in [4.69, 9.17) is 4.74 Å². The fraction of sp³-hybridized carbons (Fsp3) is 0.625. The van der Waals surface area contributed by atoms with Gasteiger partial charge in [0.15, 0.2) is 0 Å². The molecule has 0 aromatic carbocycles. The third-order valence-electron chi connectivity index (χ3n) is 1.59. The molecule has 0 amide bonds. The van der Waals surface area contributed by atoms with Crippen LogP contribution in [0.5, 0.6) is 0 Å². The Morgan fingerprint density at radius 1 is 1.75 bits per heavy atom. The number of ether oxygens (including phenoxy) is 1. The van der Waals surface area contributed by atoms with Gasteiger partial charge in [0.1, 0.15) is 0 Å². The second kappa shape index (κ2) is 4.90. The fourth-order valence-corrected chi connectivity index (χ4v) is 1.06. The lowest BCUT2D eigenvalue weighted by Gasteiger charge is -2.22. The predicted octanol–water partition coefficient (Wildman–Crippen LogP) is -0.149. The van der Waals surface area contributed by atoms with Crippen LogP contribution in [0.15, 0.2) is 17.4 Å². The maximum absolute atomic E-state index is 9.36. The van der Waals surface area contributed by atoms with Gasteiger partial charge in [0.2, 0.25) is 0 Å². The third-order valence-corrected chi connectivity index (χ3v) is 1.59. The largest absolute Gasteiger partial charge is 0.389 e. The van der Waals surface area contributed by atoms with E-state index in [2.05, 4.69) is 4.99 Å². The van der Waals surface area contributed by atoms with E-state index in [0.29, 0.717) is 13.2 Å². The molecule has 0 aromatic heterocycles. The molecule has 0 radical (unpaired) electrons. The lowest BCUT2D eigenvalue weighted by molar-refractivity contribution is 0.0494. The van der Waals surface area contributed by atoms with Crippen molar-refractivity contribution in [3.63, 3.8) is 0 Å². The number of methoxy groups -OCH3 is 1. The molecule has 1 aliphatic heterocycles. The first-order valence-electron chi connectivity index (χ1n) is 3.92. The number of hydrogen-bond acceptors (Lipinski definition) is 4. The number of β-amino-alcohol motifs (C(OH)–C–C–N with tert-alkyl or cyclic N) is 1. The molecule has 1 heterocycles. The van der Waals surface area contributed by atoms with Crippen LogP contribution in [0.1, 0.15) is 0 Å². The number of aliphatic hydroxyl groups is 1. The van der Waals surface area contributed by atoms with Crippen molar-refractivity contribution in [3.8, 4) is 0 Å². The van der Waals surface area contributed by atoms with Gasteiger partial charge in [0.05, 0.1) is 19.3 Å². The lowest BCUT2D eigenvalue weighted by atomic mass is 10.3. The van der Waals surface area contributed by atoms with Crippen molar-refractivity contribution in [1.29, 1.82) is 0 Å². The standard InChI is InChI=1S/C8H14N2O2/c1-12-7-8(11)6-10-4-2-9-3-5-10/h2-4,8,11H,5-7H2,1H3. The van der Waals surface area contributed by atoms with Crippen molar-refractivity contribution in [2.75, 3.05) is 26.8 Å². The zero-order valence-electron chi connectivity index (χ0n) is 7.18. The van der Waals surface area contributed by atoms with Crippen LogP contribution in [0.2, 0.25) is 0 Å². The molecule has 0 fully saturated rings. The Morgan fingerprint density at radius 2 is 2.58 bits per heavy atom. The van der Waals surface area contributed by atoms with E-state index in [1.54, 1.807) is 19.5 Å². The minimum absolute atomic E-state index is 0.376. The van der Waals surface area contributed by atoms with Crippen LogP contribution in [0.3, 0.4) is 0 Å². The molecule has 12 heavy (non-hydrogen) atoms. The molecule has 1 rings (SSSR count). The van der Waals surface area contributed by atoms with Gasteiger partial charge in [-0.3, -0.25) is 4.99 Å². The van der Waals surface area contributed by atoms with E-state index in [9.17, 15) is 5.11 Å². The van der Waals surface area contributed by atoms with Gasteiger partial charge in [-0.2, -0.15) is 0 Å². The van der Waals surface area contributed by atoms with Crippen LogP contribution in [0, 0.1) is 0 Å². The van der Waals surface area contributed by atoms with Crippen LogP contribution in [-0.2, 0) is 4.74 Å². The third kappa shape index (κ3) is 3.02. The Balaban J connectivity index is 2.22. The molecule has 1 aliphatic rings. The van der Waals surface area contributed by atoms with E-state index in [-0.39, 0.29) is 0 Å². The van der Waals surface area contributed by atoms with Gasteiger partial charge < -0.3 is 14.7 Å². The summed E-state index contributed by atoms with van der Waals surface area (Å²) in [6, 6.07) is 0. The number of rotatable bonds is 4. The maximum atomic E-state index is 9.36. The predicted molar refractivity (Wildman–Crippen MR) is 47.1 cm³/mol. The van der Waals surface area contributed by atoms with Crippen LogP contribution in [0.4, 0.5) is 0 Å². The molecule has 1 unspecified atom stereocenters. The highest BCUT2D eigenvalue weighted by Gasteiger charge is 2.08. The van der Waals surface area contributed by atoms with Crippen LogP contribution >= 0.6 is 0 Å². The van der Waals surface area contributed by atoms with E-state index < -0.39 is 6.10 Å². The monoisotopic (exact) mass is 170 g/mol. The molecule has 68 valence electrons. The average molecular weight is 170 g/mol. The molecule has 4 heteroatoms. The minimum atomic E-state index is -0.425. The minimum Gasteiger partial charge on any atom is -0.389 e. The highest BCUT2D eigenvalue weighted by Crippen LogP contribution is 1.97. The molecular weight excluding hydrogens is 156 g/mol. The lowest BCUT2D eigenvalue weighted by Crippen LogP contribution is -2.33. The molecule has 1 atom stereocenters. The summed E-state index contributed by atoms with van der Waals surface area (Å²) in [6.07, 6.45) is 4.95. The first-order chi connectivity index (χ1) is 5.83. The quantitative estimate of drug-likeness (QED) is 0.638. The Hall–Kier alpha value is -0.870. The van der Waals surface area contributed by atoms with Gasteiger partial charge in [-0.15, -0.1) is 0 Å². The second-order valence-corrected chi connectivity index (χ2v) is 2.69. The van der Waals surface area contributed by atoms with Gasteiger partial charge in [0, 0.05) is 32.3 Å². The van der Waals surface area contributed by atoms with Crippen LogP contribution in [0.25, 0.3) is 0 Å². The first kappa shape index (κ1) is 9.22. The smallest absolute Gasteiger partial charge is 0.0947 e. The first-order valence-corrected chi connectivity index (χ1v) is 3.92. The molecule has 0 spiro atoms. The average Bonchev–Trinajstić information content (AvgIpc) is 2.06. The van der Waals surface area contributed by atoms with Gasteiger partial charge in [-0.1, -0.05) is 0 Å². The number of hydrogen-bond donors (Lipinski definition) is 1. The van der Waals surface area contributed by atoms with Gasteiger partial charge in [-0.05, 0) is 0 Å². The second-order valence-electron chi connectivity index (χ2n) is 2.69. The normalized spacial score (nSPS) is 18.3. The summed E-state index contributed by atoms with van der Waals surface area (Å²) in [5.74, 6) is 0. The summed E-state index contributed by atoms with van der Waals surface area (Å²) in [4.78, 5) is 5.90. The van der Waals surface area contributed by atoms with E-state index in [1.807, 2.05) is 11.1 Å². The van der Waals surface area contributed by atoms with E-state index >= 15 is 0 Å². The van der Waals surface area contributed by atoms with Crippen LogP contribution in [-0.4, -0.2) is 49.1 Å². The molecule has 0 aromatic rings. The summed E-state index contributed by atoms with van der Waals surface area (Å²) >= 11 is 0. The zero-order chi connectivity index (χ0) is 8.81. The van der Waals surface area contributed by atoms with Crippen LogP contribution < -0.4 is 0 Å². The highest BCUT2D eigenvalue weighted by atomic mass is 16.5. The van der Waals surface area contributed by atoms with Crippen molar-refractivity contribution in [3.05, 3.63) is 12.4 Å². The molecule has 0 bridgehead atoms. The number of aliphatic imine (C=N–C) groups is 1. The topological polar surface area (TPSA) is 45.1 Å². The summed E-state index contributed by atoms with van der Waals surface area (Å²) in [5, 5.41) is 9.36. The molecule has 0 saturated heterocycles. The summed E-state index contributed by atoms with van der Waals surface area (Å²) in [6.45, 7) is 1.73. The molecule has 4 nitrogen and oxygen atoms in total. The SMILES string of the molecule is COCC(O)CN1C=CN=CC1. The van der Waals surface area contributed by atoms with Crippen molar-refractivity contribution in [2.45, 2.75) is 6.10 Å².